The minimum absolute atomic E-state index is 0.105. The van der Waals surface area contributed by atoms with Gasteiger partial charge in [0.05, 0.1) is 34.2 Å². The average molecular weight is 438 g/mol. The number of hydrogen-bond acceptors (Lipinski definition) is 7. The number of amides is 2. The highest BCUT2D eigenvalue weighted by Gasteiger charge is 2.19. The monoisotopic (exact) mass is 437 g/mol. The zero-order valence-corrected chi connectivity index (χ0v) is 16.8. The maximum absolute atomic E-state index is 12.2. The molecule has 2 amide bonds. The molecular formula is C18H16ClN3O6S. The number of halogens is 1. The van der Waals surface area contributed by atoms with E-state index in [9.17, 15) is 19.7 Å². The zero-order chi connectivity index (χ0) is 21.0. The molecule has 0 unspecified atom stereocenters. The van der Waals surface area contributed by atoms with Gasteiger partial charge in [-0.05, 0) is 17.7 Å². The Bertz CT molecular complexity index is 984. The van der Waals surface area contributed by atoms with Gasteiger partial charge in [-0.2, -0.15) is 0 Å². The molecule has 1 aliphatic rings. The largest absolute Gasteiger partial charge is 0.490 e. The van der Waals surface area contributed by atoms with Crippen molar-refractivity contribution in [1.29, 1.82) is 0 Å². The SMILES string of the molecule is COc1ccc(CSCC(=O)Nc2cc3c(cc2Cl)NC(=O)CO3)cc1[N+](=O)[O-]. The van der Waals surface area contributed by atoms with Crippen molar-refractivity contribution in [2.45, 2.75) is 5.75 Å². The summed E-state index contributed by atoms with van der Waals surface area (Å²) in [6, 6.07) is 7.72. The first-order valence-corrected chi connectivity index (χ1v) is 9.85. The van der Waals surface area contributed by atoms with Crippen LogP contribution in [0.2, 0.25) is 5.02 Å². The number of anilines is 2. The van der Waals surface area contributed by atoms with Crippen LogP contribution in [0.4, 0.5) is 17.1 Å². The minimum atomic E-state index is -0.512. The molecule has 0 spiro atoms. The third-order valence-corrected chi connectivity index (χ3v) is 5.23. The van der Waals surface area contributed by atoms with Crippen molar-refractivity contribution in [3.8, 4) is 11.5 Å². The van der Waals surface area contributed by atoms with Crippen LogP contribution in [-0.4, -0.2) is 36.2 Å². The van der Waals surface area contributed by atoms with Crippen molar-refractivity contribution in [2.24, 2.45) is 0 Å². The van der Waals surface area contributed by atoms with Crippen LogP contribution in [0.25, 0.3) is 0 Å². The van der Waals surface area contributed by atoms with Crippen LogP contribution in [0.3, 0.4) is 0 Å². The van der Waals surface area contributed by atoms with Gasteiger partial charge in [-0.25, -0.2) is 0 Å². The normalized spacial score (nSPS) is 12.4. The molecule has 0 fully saturated rings. The number of nitrogens with zero attached hydrogens (tertiary/aromatic N) is 1. The number of nitrogens with one attached hydrogen (secondary N) is 2. The second-order valence-electron chi connectivity index (χ2n) is 5.97. The van der Waals surface area contributed by atoms with Gasteiger partial charge in [0.2, 0.25) is 5.91 Å². The molecule has 0 radical (unpaired) electrons. The smallest absolute Gasteiger partial charge is 0.311 e. The number of hydrogen-bond donors (Lipinski definition) is 2. The third-order valence-electron chi connectivity index (χ3n) is 3.92. The van der Waals surface area contributed by atoms with Gasteiger partial charge in [0.25, 0.3) is 5.91 Å². The number of nitro groups is 1. The molecule has 0 saturated carbocycles. The standard InChI is InChI=1S/C18H16ClN3O6S/c1-27-15-3-2-10(4-14(15)22(25)26)8-29-9-18(24)20-12-6-16-13(5-11(12)19)21-17(23)7-28-16/h2-6H,7-9H2,1H3,(H,20,24)(H,21,23). The predicted octanol–water partition coefficient (Wildman–Crippen LogP) is 3.46. The van der Waals surface area contributed by atoms with Crippen LogP contribution in [-0.2, 0) is 15.3 Å². The first-order valence-electron chi connectivity index (χ1n) is 8.32. The number of carbonyl (C=O) groups is 2. The van der Waals surface area contributed by atoms with Gasteiger partial charge in [-0.15, -0.1) is 11.8 Å². The molecule has 1 heterocycles. The van der Waals surface area contributed by atoms with E-state index in [1.165, 1.54) is 37.1 Å². The predicted molar refractivity (Wildman–Crippen MR) is 110 cm³/mol. The molecule has 3 rings (SSSR count). The molecular weight excluding hydrogens is 422 g/mol. The number of benzene rings is 2. The Morgan fingerprint density at radius 3 is 2.93 bits per heavy atom. The Labute approximate surface area is 174 Å². The fraction of sp³-hybridized carbons (Fsp3) is 0.222. The highest BCUT2D eigenvalue weighted by molar-refractivity contribution is 7.99. The summed E-state index contributed by atoms with van der Waals surface area (Å²) in [5.41, 5.74) is 1.39. The topological polar surface area (TPSA) is 120 Å². The summed E-state index contributed by atoms with van der Waals surface area (Å²) in [6.45, 7) is -0.105. The van der Waals surface area contributed by atoms with Gasteiger partial charge in [-0.3, -0.25) is 19.7 Å². The molecule has 11 heteroatoms. The number of ether oxygens (including phenoxy) is 2. The van der Waals surface area contributed by atoms with E-state index in [1.807, 2.05) is 0 Å². The van der Waals surface area contributed by atoms with Crippen molar-refractivity contribution in [2.75, 3.05) is 30.1 Å². The third kappa shape index (κ3) is 5.09. The van der Waals surface area contributed by atoms with E-state index in [1.54, 1.807) is 12.1 Å². The lowest BCUT2D eigenvalue weighted by Crippen LogP contribution is -2.25. The second-order valence-corrected chi connectivity index (χ2v) is 7.36. The van der Waals surface area contributed by atoms with Crippen molar-refractivity contribution in [3.63, 3.8) is 0 Å². The summed E-state index contributed by atoms with van der Waals surface area (Å²) < 4.78 is 10.3. The molecule has 2 aromatic rings. The van der Waals surface area contributed by atoms with E-state index in [0.717, 1.165) is 0 Å². The number of rotatable bonds is 7. The minimum Gasteiger partial charge on any atom is -0.490 e. The summed E-state index contributed by atoms with van der Waals surface area (Å²) >= 11 is 7.45. The van der Waals surface area contributed by atoms with Crippen LogP contribution in [0.15, 0.2) is 30.3 Å². The molecule has 0 saturated heterocycles. The highest BCUT2D eigenvalue weighted by atomic mass is 35.5. The van der Waals surface area contributed by atoms with E-state index in [0.29, 0.717) is 28.4 Å². The summed E-state index contributed by atoms with van der Waals surface area (Å²) in [5, 5.41) is 16.7. The molecule has 2 N–H and O–H groups in total. The summed E-state index contributed by atoms with van der Waals surface area (Å²) in [6.07, 6.45) is 0. The van der Waals surface area contributed by atoms with E-state index in [2.05, 4.69) is 10.6 Å². The van der Waals surface area contributed by atoms with Gasteiger partial charge in [0, 0.05) is 17.9 Å². The lowest BCUT2D eigenvalue weighted by Gasteiger charge is -2.19. The van der Waals surface area contributed by atoms with Crippen LogP contribution >= 0.6 is 23.4 Å². The summed E-state index contributed by atoms with van der Waals surface area (Å²) in [7, 11) is 1.37. The molecule has 0 atom stereocenters. The number of nitro benzene ring substituents is 1. The van der Waals surface area contributed by atoms with Crippen molar-refractivity contribution < 1.29 is 24.0 Å². The Morgan fingerprint density at radius 2 is 2.21 bits per heavy atom. The Balaban J connectivity index is 1.58. The first kappa shape index (κ1) is 20.7. The molecule has 29 heavy (non-hydrogen) atoms. The Kier molecular flexibility index (Phi) is 6.45. The van der Waals surface area contributed by atoms with Crippen LogP contribution in [0.5, 0.6) is 11.5 Å². The van der Waals surface area contributed by atoms with Crippen molar-refractivity contribution in [3.05, 3.63) is 51.0 Å². The number of thioether (sulfide) groups is 1. The maximum atomic E-state index is 12.2. The van der Waals surface area contributed by atoms with Crippen LogP contribution in [0.1, 0.15) is 5.56 Å². The molecule has 0 bridgehead atoms. The van der Waals surface area contributed by atoms with E-state index in [-0.39, 0.29) is 40.6 Å². The first-order chi connectivity index (χ1) is 13.9. The second kappa shape index (κ2) is 9.01. The fourth-order valence-corrected chi connectivity index (χ4v) is 3.60. The zero-order valence-electron chi connectivity index (χ0n) is 15.2. The molecule has 152 valence electrons. The molecule has 0 aliphatic carbocycles. The lowest BCUT2D eigenvalue weighted by atomic mass is 10.2. The molecule has 1 aliphatic heterocycles. The lowest BCUT2D eigenvalue weighted by molar-refractivity contribution is -0.385. The highest BCUT2D eigenvalue weighted by Crippen LogP contribution is 2.36. The van der Waals surface area contributed by atoms with Crippen LogP contribution < -0.4 is 20.1 Å². The summed E-state index contributed by atoms with van der Waals surface area (Å²) in [4.78, 5) is 34.1. The Hall–Kier alpha value is -2.98. The average Bonchev–Trinajstić information content (AvgIpc) is 2.68. The summed E-state index contributed by atoms with van der Waals surface area (Å²) in [5.74, 6) is 0.556. The van der Waals surface area contributed by atoms with Gasteiger partial charge < -0.3 is 20.1 Å². The fourth-order valence-electron chi connectivity index (χ4n) is 2.61. The number of methoxy groups -OCH3 is 1. The van der Waals surface area contributed by atoms with E-state index in [4.69, 9.17) is 21.1 Å². The maximum Gasteiger partial charge on any atom is 0.311 e. The van der Waals surface area contributed by atoms with Gasteiger partial charge in [-0.1, -0.05) is 17.7 Å². The van der Waals surface area contributed by atoms with Crippen molar-refractivity contribution in [1.82, 2.24) is 0 Å². The van der Waals surface area contributed by atoms with Crippen LogP contribution in [0, 0.1) is 10.1 Å². The molecule has 2 aromatic carbocycles. The van der Waals surface area contributed by atoms with Crippen molar-refractivity contribution >= 4 is 52.2 Å². The van der Waals surface area contributed by atoms with E-state index >= 15 is 0 Å². The van der Waals surface area contributed by atoms with Gasteiger partial charge >= 0.3 is 5.69 Å². The van der Waals surface area contributed by atoms with E-state index < -0.39 is 4.92 Å². The number of carbonyl (C=O) groups excluding carboxylic acids is 2. The molecule has 9 nitrogen and oxygen atoms in total. The molecule has 0 aromatic heterocycles. The quantitative estimate of drug-likeness (QED) is 0.502. The van der Waals surface area contributed by atoms with Gasteiger partial charge in [0.15, 0.2) is 12.4 Å². The number of fused-ring (bicyclic) bond motifs is 1. The van der Waals surface area contributed by atoms with Gasteiger partial charge in [0.1, 0.15) is 5.75 Å². The Morgan fingerprint density at radius 1 is 1.41 bits per heavy atom.